The van der Waals surface area contributed by atoms with Gasteiger partial charge < -0.3 is 15.0 Å². The van der Waals surface area contributed by atoms with E-state index in [2.05, 4.69) is 60.7 Å². The molecule has 2 N–H and O–H groups in total. The molecule has 0 radical (unpaired) electrons. The van der Waals surface area contributed by atoms with Gasteiger partial charge in [0.2, 0.25) is 0 Å². The van der Waals surface area contributed by atoms with Gasteiger partial charge in [0.1, 0.15) is 11.2 Å². The monoisotopic (exact) mass is 997 g/mol. The molecule has 19 heteroatoms. The van der Waals surface area contributed by atoms with Crippen molar-refractivity contribution in [3.63, 3.8) is 0 Å². The molecule has 8 rings (SSSR count). The van der Waals surface area contributed by atoms with Gasteiger partial charge in [0, 0.05) is 85.1 Å². The Hall–Kier alpha value is -4.43. The zero-order chi connectivity index (χ0) is 47.4. The van der Waals surface area contributed by atoms with Crippen molar-refractivity contribution in [1.82, 2.24) is 19.8 Å². The Morgan fingerprint density at radius 2 is 1.60 bits per heavy atom. The van der Waals surface area contributed by atoms with Crippen LogP contribution in [0.25, 0.3) is 16.5 Å². The predicted octanol–water partition coefficient (Wildman–Crippen LogP) is 9.46. The van der Waals surface area contributed by atoms with Gasteiger partial charge in [0.25, 0.3) is 19.9 Å². The molecule has 0 spiro atoms. The van der Waals surface area contributed by atoms with Gasteiger partial charge in [-0.05, 0) is 103 Å². The molecule has 3 heterocycles. The van der Waals surface area contributed by atoms with Crippen LogP contribution < -0.4 is 14.9 Å². The van der Waals surface area contributed by atoms with Crippen LogP contribution >= 0.6 is 23.4 Å². The molecule has 1 aliphatic carbocycles. The third-order valence-corrected chi connectivity index (χ3v) is 17.0. The van der Waals surface area contributed by atoms with Gasteiger partial charge >= 0.3 is 5.51 Å². The van der Waals surface area contributed by atoms with Crippen molar-refractivity contribution in [2.24, 2.45) is 5.41 Å². The quantitative estimate of drug-likeness (QED) is 0.0912. The predicted molar refractivity (Wildman–Crippen MR) is 261 cm³/mol. The van der Waals surface area contributed by atoms with Crippen LogP contribution in [0.4, 0.5) is 30.4 Å². The highest BCUT2D eigenvalue weighted by molar-refractivity contribution is 7.99. The van der Waals surface area contributed by atoms with Crippen LogP contribution in [0.15, 0.2) is 118 Å². The summed E-state index contributed by atoms with van der Waals surface area (Å²) in [5.74, 6) is 0.286. The van der Waals surface area contributed by atoms with Crippen molar-refractivity contribution in [3.05, 3.63) is 113 Å². The lowest BCUT2D eigenvalue weighted by atomic mass is 9.73. The number of ether oxygens (including phenoxy) is 1. The van der Waals surface area contributed by atoms with Crippen LogP contribution in [-0.4, -0.2) is 119 Å². The number of thioether (sulfide) groups is 1. The highest BCUT2D eigenvalue weighted by Gasteiger charge is 2.48. The molecule has 3 aliphatic rings. The van der Waals surface area contributed by atoms with E-state index in [-0.39, 0.29) is 16.9 Å². The molecule has 0 amide bonds. The summed E-state index contributed by atoms with van der Waals surface area (Å²) in [5.41, 5.74) is -0.383. The second kappa shape index (κ2) is 20.7. The maximum atomic E-state index is 14.3. The van der Waals surface area contributed by atoms with Crippen LogP contribution in [0.5, 0.6) is 0 Å². The lowest BCUT2D eigenvalue weighted by molar-refractivity contribution is -0.0435. The third-order valence-electron chi connectivity index (χ3n) is 12.7. The fourth-order valence-electron chi connectivity index (χ4n) is 8.94. The normalized spacial score (nSPS) is 18.3. The number of benzene rings is 4. The molecular weight excluding hydrogens is 943 g/mol. The maximum absolute atomic E-state index is 14.3. The highest BCUT2D eigenvalue weighted by atomic mass is 35.5. The Balaban J connectivity index is 0.985. The van der Waals surface area contributed by atoms with Crippen LogP contribution in [0.2, 0.25) is 5.02 Å². The van der Waals surface area contributed by atoms with Crippen molar-refractivity contribution in [1.29, 1.82) is 0 Å². The number of fused-ring (bicyclic) bond motifs is 1. The molecule has 67 heavy (non-hydrogen) atoms. The van der Waals surface area contributed by atoms with E-state index in [0.29, 0.717) is 62.0 Å². The number of hydrogen-bond acceptors (Lipinski definition) is 12. The molecule has 0 saturated carbocycles. The van der Waals surface area contributed by atoms with Crippen LogP contribution in [0, 0.1) is 5.41 Å². The van der Waals surface area contributed by atoms with E-state index >= 15 is 0 Å². The van der Waals surface area contributed by atoms with E-state index in [1.807, 2.05) is 54.6 Å². The first kappa shape index (κ1) is 49.0. The van der Waals surface area contributed by atoms with Gasteiger partial charge in [-0.25, -0.2) is 26.8 Å². The number of halogens is 4. The number of sulfonamides is 1. The maximum Gasteiger partial charge on any atom is 0.501 e. The van der Waals surface area contributed by atoms with Gasteiger partial charge in [-0.1, -0.05) is 61.4 Å². The fourth-order valence-corrected chi connectivity index (χ4v) is 12.1. The molecule has 12 nitrogen and oxygen atoms in total. The number of sulfone groups is 1. The number of rotatable bonds is 16. The first-order valence-corrected chi connectivity index (χ1v) is 26.7. The Morgan fingerprint density at radius 1 is 0.866 bits per heavy atom. The number of nitrogens with zero attached hydrogens (tertiary/aromatic N) is 5. The zero-order valence-electron chi connectivity index (χ0n) is 37.4. The summed E-state index contributed by atoms with van der Waals surface area (Å²) in [5, 5.41) is 4.13. The minimum absolute atomic E-state index is 0.106. The van der Waals surface area contributed by atoms with Crippen molar-refractivity contribution in [2.75, 3.05) is 86.3 Å². The van der Waals surface area contributed by atoms with Crippen molar-refractivity contribution < 1.29 is 34.7 Å². The molecule has 2 fully saturated rings. The smallest absolute Gasteiger partial charge is 0.380 e. The van der Waals surface area contributed by atoms with E-state index < -0.39 is 41.2 Å². The molecule has 4 aromatic carbocycles. The van der Waals surface area contributed by atoms with E-state index in [4.69, 9.17) is 16.3 Å². The van der Waals surface area contributed by atoms with Crippen LogP contribution in [0.3, 0.4) is 0 Å². The number of alkyl halides is 3. The molecule has 2 saturated heterocycles. The molecular formula is C48H55ClF3N7O5S3. The van der Waals surface area contributed by atoms with Gasteiger partial charge in [0.05, 0.1) is 29.3 Å². The Labute approximate surface area is 400 Å². The summed E-state index contributed by atoms with van der Waals surface area (Å²) in [4.78, 5) is 14.6. The molecule has 5 aromatic rings. The summed E-state index contributed by atoms with van der Waals surface area (Å²) in [6.07, 6.45) is 4.86. The summed E-state index contributed by atoms with van der Waals surface area (Å²) in [6.45, 7) is 11.8. The Kier molecular flexibility index (Phi) is 15.1. The second-order valence-electron chi connectivity index (χ2n) is 18.0. The van der Waals surface area contributed by atoms with E-state index in [1.54, 1.807) is 6.07 Å². The molecule has 358 valence electrons. The lowest BCUT2D eigenvalue weighted by Crippen LogP contribution is -2.47. The summed E-state index contributed by atoms with van der Waals surface area (Å²) in [6, 6.07) is 25.2. The minimum atomic E-state index is -6.02. The largest absolute Gasteiger partial charge is 0.501 e. The number of aromatic nitrogens is 2. The van der Waals surface area contributed by atoms with Crippen molar-refractivity contribution in [3.8, 4) is 0 Å². The number of nitrogens with one attached hydrogen (secondary N) is 2. The SMILES string of the molecule is CC1(C)CCC(c2ccc(Cl)cc2)=C(CN2CCN(c3ccc4c(NS(=O)(=O)c5ccc(NC(CCN6CCOCC6)CSc6ccccc6)c(S(=O)(=O)C(F)(F)F)c5)ncnc4c3)CC2)C1. The summed E-state index contributed by atoms with van der Waals surface area (Å²) >= 11 is 7.69. The molecule has 1 unspecified atom stereocenters. The number of morpholine rings is 1. The average molecular weight is 999 g/mol. The first-order chi connectivity index (χ1) is 31.9. The van der Waals surface area contributed by atoms with Crippen molar-refractivity contribution >= 4 is 76.9 Å². The standard InChI is InChI=1S/C48H55ClF3N7O5S3/c1-47(2)18-16-41(34-8-10-36(49)11-9-34)35(30-47)31-58-20-22-59(23-21-58)38-12-14-42-44(28-38)53-33-54-46(42)56-67(62,63)40-13-15-43(45(29-40)66(60,61)48(50,51)52)55-37(17-19-57-24-26-64-27-25-57)32-65-39-6-4-3-5-7-39/h3-15,28-29,33,37,55H,16-27,30-32H2,1-2H3,(H,53,54,56). The molecule has 2 aliphatic heterocycles. The summed E-state index contributed by atoms with van der Waals surface area (Å²) < 4.78 is 105. The van der Waals surface area contributed by atoms with Crippen LogP contribution in [-0.2, 0) is 24.6 Å². The minimum Gasteiger partial charge on any atom is -0.380 e. The fraction of sp³-hybridized carbons (Fsp3) is 0.417. The molecule has 1 aromatic heterocycles. The van der Waals surface area contributed by atoms with E-state index in [0.717, 1.165) is 79.7 Å². The topological polar surface area (TPSA) is 137 Å². The summed E-state index contributed by atoms with van der Waals surface area (Å²) in [7, 11) is -10.7. The number of piperazine rings is 1. The number of hydrogen-bond donors (Lipinski definition) is 2. The Bertz CT molecular complexity index is 2790. The number of anilines is 3. The number of allylic oxidation sites excluding steroid dienone is 1. The first-order valence-electron chi connectivity index (χ1n) is 22.4. The lowest BCUT2D eigenvalue weighted by Gasteiger charge is -2.39. The van der Waals surface area contributed by atoms with E-state index in [9.17, 15) is 30.0 Å². The van der Waals surface area contributed by atoms with Gasteiger partial charge in [-0.15, -0.1) is 11.8 Å². The highest BCUT2D eigenvalue weighted by Crippen LogP contribution is 2.43. The van der Waals surface area contributed by atoms with Gasteiger partial charge in [-0.2, -0.15) is 13.2 Å². The third kappa shape index (κ3) is 12.1. The molecule has 0 bridgehead atoms. The Morgan fingerprint density at radius 3 is 2.31 bits per heavy atom. The average Bonchev–Trinajstić information content (AvgIpc) is 3.30. The molecule has 1 atom stereocenters. The van der Waals surface area contributed by atoms with Gasteiger partial charge in [0.15, 0.2) is 5.82 Å². The zero-order valence-corrected chi connectivity index (χ0v) is 40.6. The van der Waals surface area contributed by atoms with Gasteiger partial charge in [-0.3, -0.25) is 14.5 Å². The van der Waals surface area contributed by atoms with E-state index in [1.165, 1.54) is 34.8 Å². The van der Waals surface area contributed by atoms with Crippen LogP contribution in [0.1, 0.15) is 45.1 Å². The van der Waals surface area contributed by atoms with Crippen molar-refractivity contribution in [2.45, 2.75) is 65.8 Å². The second-order valence-corrected chi connectivity index (χ2v) is 23.2.